The van der Waals surface area contributed by atoms with Crippen molar-refractivity contribution in [2.45, 2.75) is 52.0 Å². The Hall–Kier alpha value is -0.570. The van der Waals surface area contributed by atoms with Gasteiger partial charge in [-0.05, 0) is 64.3 Å². The minimum Gasteiger partial charge on any atom is -0.350 e. The summed E-state index contributed by atoms with van der Waals surface area (Å²) in [6.45, 7) is 7.53. The van der Waals surface area contributed by atoms with Crippen LogP contribution in [-0.2, 0) is 4.79 Å². The maximum atomic E-state index is 11.6. The summed E-state index contributed by atoms with van der Waals surface area (Å²) in [5.74, 6) is 2.88. The smallest absolute Gasteiger partial charge is 0.234 e. The van der Waals surface area contributed by atoms with Gasteiger partial charge in [0.15, 0.2) is 0 Å². The monoisotopic (exact) mass is 238 g/mol. The first-order valence-electron chi connectivity index (χ1n) is 6.96. The Labute approximate surface area is 105 Å². The van der Waals surface area contributed by atoms with Crippen molar-refractivity contribution in [3.05, 3.63) is 0 Å². The highest BCUT2D eigenvalue weighted by Gasteiger charge is 2.38. The van der Waals surface area contributed by atoms with Crippen molar-refractivity contribution >= 4 is 5.91 Å². The fourth-order valence-corrected chi connectivity index (χ4v) is 3.46. The van der Waals surface area contributed by atoms with E-state index in [9.17, 15) is 4.79 Å². The molecule has 3 unspecified atom stereocenters. The third-order valence-electron chi connectivity index (χ3n) is 4.09. The zero-order valence-corrected chi connectivity index (χ0v) is 11.4. The van der Waals surface area contributed by atoms with Crippen molar-refractivity contribution in [1.29, 1.82) is 0 Å². The normalized spacial score (nSPS) is 31.8. The lowest BCUT2D eigenvalue weighted by atomic mass is 9.89. The average Bonchev–Trinajstić information content (AvgIpc) is 2.75. The molecule has 2 fully saturated rings. The number of hydrogen-bond donors (Lipinski definition) is 2. The molecule has 0 saturated heterocycles. The predicted octanol–water partition coefficient (Wildman–Crippen LogP) is 1.93. The van der Waals surface area contributed by atoms with Crippen LogP contribution < -0.4 is 10.6 Å². The highest BCUT2D eigenvalue weighted by Crippen LogP contribution is 2.47. The van der Waals surface area contributed by atoms with Crippen LogP contribution >= 0.6 is 0 Å². The Kier molecular flexibility index (Phi) is 3.76. The van der Waals surface area contributed by atoms with Gasteiger partial charge in [0, 0.05) is 5.54 Å². The molecule has 2 N–H and O–H groups in total. The standard InChI is InChI=1S/C14H26N2O/c1-14(2,3)16-13(17)9-15-8-12-7-10-4-5-11(12)6-10/h10-12,15H,4-9H2,1-3H3,(H,16,17). The van der Waals surface area contributed by atoms with Crippen LogP contribution in [0.15, 0.2) is 0 Å². The second-order valence-electron chi connectivity index (χ2n) is 6.86. The lowest BCUT2D eigenvalue weighted by molar-refractivity contribution is -0.121. The van der Waals surface area contributed by atoms with Crippen molar-refractivity contribution in [3.8, 4) is 0 Å². The van der Waals surface area contributed by atoms with Gasteiger partial charge in [0.05, 0.1) is 6.54 Å². The number of carbonyl (C=O) groups is 1. The van der Waals surface area contributed by atoms with Crippen LogP contribution in [0.1, 0.15) is 46.5 Å². The van der Waals surface area contributed by atoms with E-state index >= 15 is 0 Å². The van der Waals surface area contributed by atoms with Gasteiger partial charge in [0.2, 0.25) is 5.91 Å². The molecule has 17 heavy (non-hydrogen) atoms. The molecular formula is C14H26N2O. The largest absolute Gasteiger partial charge is 0.350 e. The van der Waals surface area contributed by atoms with Gasteiger partial charge in [-0.2, -0.15) is 0 Å². The molecule has 2 aliphatic carbocycles. The van der Waals surface area contributed by atoms with E-state index < -0.39 is 0 Å². The molecule has 0 aliphatic heterocycles. The van der Waals surface area contributed by atoms with Crippen LogP contribution in [-0.4, -0.2) is 24.5 Å². The first kappa shape index (κ1) is 12.9. The van der Waals surface area contributed by atoms with E-state index in [1.54, 1.807) is 0 Å². The molecule has 2 saturated carbocycles. The predicted molar refractivity (Wildman–Crippen MR) is 69.7 cm³/mol. The van der Waals surface area contributed by atoms with Crippen molar-refractivity contribution in [2.75, 3.05) is 13.1 Å². The van der Waals surface area contributed by atoms with Gasteiger partial charge in [-0.3, -0.25) is 4.79 Å². The molecule has 0 radical (unpaired) electrons. The minimum atomic E-state index is -0.120. The van der Waals surface area contributed by atoms with Crippen LogP contribution in [0.4, 0.5) is 0 Å². The summed E-state index contributed by atoms with van der Waals surface area (Å²) in [6.07, 6.45) is 5.70. The van der Waals surface area contributed by atoms with Crippen molar-refractivity contribution in [1.82, 2.24) is 10.6 Å². The molecule has 0 aromatic carbocycles. The molecule has 2 aliphatic rings. The maximum Gasteiger partial charge on any atom is 0.234 e. The van der Waals surface area contributed by atoms with E-state index in [2.05, 4.69) is 10.6 Å². The number of rotatable bonds is 4. The van der Waals surface area contributed by atoms with Crippen molar-refractivity contribution in [3.63, 3.8) is 0 Å². The summed E-state index contributed by atoms with van der Waals surface area (Å²) in [5.41, 5.74) is -0.120. The van der Waals surface area contributed by atoms with Gasteiger partial charge in [0.25, 0.3) is 0 Å². The zero-order chi connectivity index (χ0) is 12.5. The summed E-state index contributed by atoms with van der Waals surface area (Å²) in [7, 11) is 0. The average molecular weight is 238 g/mol. The first-order valence-corrected chi connectivity index (χ1v) is 6.96. The molecule has 2 bridgehead atoms. The first-order chi connectivity index (χ1) is 7.94. The number of fused-ring (bicyclic) bond motifs is 2. The van der Waals surface area contributed by atoms with Crippen LogP contribution in [0, 0.1) is 17.8 Å². The molecule has 0 heterocycles. The zero-order valence-electron chi connectivity index (χ0n) is 11.4. The third kappa shape index (κ3) is 3.70. The van der Waals surface area contributed by atoms with Crippen molar-refractivity contribution < 1.29 is 4.79 Å². The molecule has 3 nitrogen and oxygen atoms in total. The topological polar surface area (TPSA) is 41.1 Å². The molecule has 0 spiro atoms. The Bertz CT molecular complexity index is 282. The van der Waals surface area contributed by atoms with Crippen molar-refractivity contribution in [2.24, 2.45) is 17.8 Å². The van der Waals surface area contributed by atoms with Gasteiger partial charge in [-0.25, -0.2) is 0 Å². The van der Waals surface area contributed by atoms with E-state index in [0.717, 1.165) is 24.3 Å². The number of amides is 1. The molecule has 98 valence electrons. The van der Waals surface area contributed by atoms with Crippen LogP contribution in [0.25, 0.3) is 0 Å². The SMILES string of the molecule is CC(C)(C)NC(=O)CNCC1CC2CCC1C2. The summed E-state index contributed by atoms with van der Waals surface area (Å²) in [4.78, 5) is 11.6. The Morgan fingerprint density at radius 2 is 2.00 bits per heavy atom. The maximum absolute atomic E-state index is 11.6. The lowest BCUT2D eigenvalue weighted by Gasteiger charge is -2.23. The summed E-state index contributed by atoms with van der Waals surface area (Å²) in [6, 6.07) is 0. The van der Waals surface area contributed by atoms with E-state index in [-0.39, 0.29) is 11.4 Å². The number of carbonyl (C=O) groups excluding carboxylic acids is 1. The summed E-state index contributed by atoms with van der Waals surface area (Å²) < 4.78 is 0. The Balaban J connectivity index is 1.62. The number of nitrogens with one attached hydrogen (secondary N) is 2. The molecule has 3 heteroatoms. The van der Waals surface area contributed by atoms with Gasteiger partial charge in [-0.15, -0.1) is 0 Å². The fourth-order valence-electron chi connectivity index (χ4n) is 3.46. The van der Waals surface area contributed by atoms with Crippen LogP contribution in [0.5, 0.6) is 0 Å². The molecular weight excluding hydrogens is 212 g/mol. The molecule has 0 aromatic heterocycles. The van der Waals surface area contributed by atoms with Gasteiger partial charge < -0.3 is 10.6 Å². The summed E-state index contributed by atoms with van der Waals surface area (Å²) >= 11 is 0. The quantitative estimate of drug-likeness (QED) is 0.786. The minimum absolute atomic E-state index is 0.112. The molecule has 3 atom stereocenters. The highest BCUT2D eigenvalue weighted by atomic mass is 16.2. The second kappa shape index (κ2) is 4.97. The highest BCUT2D eigenvalue weighted by molar-refractivity contribution is 5.78. The molecule has 1 amide bonds. The Morgan fingerprint density at radius 3 is 2.53 bits per heavy atom. The summed E-state index contributed by atoms with van der Waals surface area (Å²) in [5, 5.41) is 6.30. The second-order valence-corrected chi connectivity index (χ2v) is 6.86. The van der Waals surface area contributed by atoms with Gasteiger partial charge in [0.1, 0.15) is 0 Å². The third-order valence-corrected chi connectivity index (χ3v) is 4.09. The van der Waals surface area contributed by atoms with E-state index in [0.29, 0.717) is 6.54 Å². The Morgan fingerprint density at radius 1 is 1.24 bits per heavy atom. The fraction of sp³-hybridized carbons (Fsp3) is 0.929. The van der Waals surface area contributed by atoms with Crippen LogP contribution in [0.2, 0.25) is 0 Å². The molecule has 0 aromatic rings. The van der Waals surface area contributed by atoms with Gasteiger partial charge >= 0.3 is 0 Å². The molecule has 2 rings (SSSR count). The van der Waals surface area contributed by atoms with E-state index in [1.165, 1.54) is 25.7 Å². The van der Waals surface area contributed by atoms with Gasteiger partial charge in [-0.1, -0.05) is 6.42 Å². The van der Waals surface area contributed by atoms with E-state index in [4.69, 9.17) is 0 Å². The van der Waals surface area contributed by atoms with E-state index in [1.807, 2.05) is 20.8 Å². The lowest BCUT2D eigenvalue weighted by Crippen LogP contribution is -2.45. The number of hydrogen-bond acceptors (Lipinski definition) is 2. The van der Waals surface area contributed by atoms with Crippen LogP contribution in [0.3, 0.4) is 0 Å².